The molecule has 19 heavy (non-hydrogen) atoms. The van der Waals surface area contributed by atoms with E-state index in [4.69, 9.17) is 0 Å². The lowest BCUT2D eigenvalue weighted by molar-refractivity contribution is 0.174. The molecule has 5 heteroatoms. The van der Waals surface area contributed by atoms with Gasteiger partial charge in [0.25, 0.3) is 0 Å². The van der Waals surface area contributed by atoms with Gasteiger partial charge in [-0.05, 0) is 47.5 Å². The maximum atomic E-state index is 13.5. The largest absolute Gasteiger partial charge is 0.388 e. The SMILES string of the molecule is CCn1nc(C)cc1CC(O)c1cccc(F)c1Br. The zero-order valence-electron chi connectivity index (χ0n) is 10.9. The van der Waals surface area contributed by atoms with Crippen molar-refractivity contribution in [2.45, 2.75) is 32.9 Å². The van der Waals surface area contributed by atoms with Gasteiger partial charge >= 0.3 is 0 Å². The molecule has 0 aliphatic heterocycles. The molecular weight excluding hydrogens is 311 g/mol. The van der Waals surface area contributed by atoms with E-state index in [1.165, 1.54) is 6.07 Å². The molecule has 1 atom stereocenters. The fraction of sp³-hybridized carbons (Fsp3) is 0.357. The minimum atomic E-state index is -0.758. The lowest BCUT2D eigenvalue weighted by atomic mass is 10.0. The van der Waals surface area contributed by atoms with Gasteiger partial charge in [-0.3, -0.25) is 4.68 Å². The monoisotopic (exact) mass is 326 g/mol. The molecule has 0 aliphatic carbocycles. The Morgan fingerprint density at radius 1 is 1.47 bits per heavy atom. The standard InChI is InChI=1S/C14H16BrFN2O/c1-3-18-10(7-9(2)17-18)8-13(19)11-5-4-6-12(16)14(11)15/h4-7,13,19H,3,8H2,1-2H3. The Morgan fingerprint density at radius 3 is 2.89 bits per heavy atom. The third kappa shape index (κ3) is 3.04. The molecule has 2 aromatic rings. The van der Waals surface area contributed by atoms with Crippen molar-refractivity contribution >= 4 is 15.9 Å². The van der Waals surface area contributed by atoms with Crippen LogP contribution in [0.3, 0.4) is 0 Å². The van der Waals surface area contributed by atoms with Crippen molar-refractivity contribution < 1.29 is 9.50 Å². The van der Waals surface area contributed by atoms with Gasteiger partial charge in [-0.15, -0.1) is 0 Å². The summed E-state index contributed by atoms with van der Waals surface area (Å²) >= 11 is 3.18. The number of benzene rings is 1. The van der Waals surface area contributed by atoms with Gasteiger partial charge in [-0.1, -0.05) is 12.1 Å². The zero-order valence-corrected chi connectivity index (χ0v) is 12.5. The summed E-state index contributed by atoms with van der Waals surface area (Å²) in [5, 5.41) is 14.6. The first-order valence-electron chi connectivity index (χ1n) is 6.18. The molecular formula is C14H16BrFN2O. The highest BCUT2D eigenvalue weighted by atomic mass is 79.9. The number of halogens is 2. The van der Waals surface area contributed by atoms with Crippen molar-refractivity contribution in [1.82, 2.24) is 9.78 Å². The van der Waals surface area contributed by atoms with Crippen LogP contribution in [-0.2, 0) is 13.0 Å². The van der Waals surface area contributed by atoms with Gasteiger partial charge in [0.1, 0.15) is 5.82 Å². The third-order valence-electron chi connectivity index (χ3n) is 3.03. The van der Waals surface area contributed by atoms with E-state index in [1.807, 2.05) is 24.6 Å². The van der Waals surface area contributed by atoms with Gasteiger partial charge in [0, 0.05) is 18.7 Å². The Bertz CT molecular complexity index is 583. The summed E-state index contributed by atoms with van der Waals surface area (Å²) in [4.78, 5) is 0. The number of hydrogen-bond donors (Lipinski definition) is 1. The molecule has 0 fully saturated rings. The second kappa shape index (κ2) is 5.84. The molecule has 0 saturated carbocycles. The molecule has 0 saturated heterocycles. The van der Waals surface area contributed by atoms with E-state index in [0.717, 1.165) is 17.9 Å². The van der Waals surface area contributed by atoms with Gasteiger partial charge < -0.3 is 5.11 Å². The van der Waals surface area contributed by atoms with Gasteiger partial charge in [-0.2, -0.15) is 5.10 Å². The summed E-state index contributed by atoms with van der Waals surface area (Å²) in [5.74, 6) is -0.364. The average Bonchev–Trinajstić information content (AvgIpc) is 2.72. The van der Waals surface area contributed by atoms with E-state index < -0.39 is 6.10 Å². The van der Waals surface area contributed by atoms with Crippen LogP contribution >= 0.6 is 15.9 Å². The summed E-state index contributed by atoms with van der Waals surface area (Å²) in [5.41, 5.74) is 2.42. The molecule has 0 aliphatic rings. The fourth-order valence-electron chi connectivity index (χ4n) is 2.12. The second-order valence-electron chi connectivity index (χ2n) is 4.46. The average molecular weight is 327 g/mol. The molecule has 3 nitrogen and oxygen atoms in total. The molecule has 0 bridgehead atoms. The lowest BCUT2D eigenvalue weighted by Gasteiger charge is -2.14. The van der Waals surface area contributed by atoms with E-state index >= 15 is 0 Å². The zero-order chi connectivity index (χ0) is 14.0. The fourth-order valence-corrected chi connectivity index (χ4v) is 2.65. The maximum absolute atomic E-state index is 13.5. The molecule has 1 unspecified atom stereocenters. The summed E-state index contributed by atoms with van der Waals surface area (Å²) in [7, 11) is 0. The normalized spacial score (nSPS) is 12.7. The number of aliphatic hydroxyl groups excluding tert-OH is 1. The topological polar surface area (TPSA) is 38.0 Å². The van der Waals surface area contributed by atoms with Gasteiger partial charge in [0.2, 0.25) is 0 Å². The van der Waals surface area contributed by atoms with E-state index in [9.17, 15) is 9.50 Å². The molecule has 0 radical (unpaired) electrons. The predicted molar refractivity (Wildman–Crippen MR) is 75.4 cm³/mol. The Morgan fingerprint density at radius 2 is 2.21 bits per heavy atom. The Labute approximate surface area is 120 Å². The van der Waals surface area contributed by atoms with Crippen molar-refractivity contribution in [2.75, 3.05) is 0 Å². The number of aromatic nitrogens is 2. The quantitative estimate of drug-likeness (QED) is 0.935. The maximum Gasteiger partial charge on any atom is 0.137 e. The van der Waals surface area contributed by atoms with Crippen LogP contribution in [-0.4, -0.2) is 14.9 Å². The highest BCUT2D eigenvalue weighted by Crippen LogP contribution is 2.28. The van der Waals surface area contributed by atoms with Crippen LogP contribution in [0.25, 0.3) is 0 Å². The first-order valence-corrected chi connectivity index (χ1v) is 6.97. The highest BCUT2D eigenvalue weighted by Gasteiger charge is 2.16. The van der Waals surface area contributed by atoms with Crippen molar-refractivity contribution in [2.24, 2.45) is 0 Å². The van der Waals surface area contributed by atoms with Gasteiger partial charge in [0.15, 0.2) is 0 Å². The van der Waals surface area contributed by atoms with Crippen molar-refractivity contribution in [3.63, 3.8) is 0 Å². The number of aliphatic hydroxyl groups is 1. The Balaban J connectivity index is 2.25. The number of rotatable bonds is 4. The van der Waals surface area contributed by atoms with Crippen LogP contribution in [0.5, 0.6) is 0 Å². The van der Waals surface area contributed by atoms with E-state index in [0.29, 0.717) is 16.5 Å². The number of aryl methyl sites for hydroxylation is 2. The lowest BCUT2D eigenvalue weighted by Crippen LogP contribution is -2.09. The van der Waals surface area contributed by atoms with Crippen LogP contribution in [0.4, 0.5) is 4.39 Å². The van der Waals surface area contributed by atoms with Crippen LogP contribution in [0.2, 0.25) is 0 Å². The summed E-state index contributed by atoms with van der Waals surface area (Å²) < 4.78 is 15.6. The van der Waals surface area contributed by atoms with Gasteiger partial charge in [-0.25, -0.2) is 4.39 Å². The van der Waals surface area contributed by atoms with Crippen LogP contribution < -0.4 is 0 Å². The molecule has 1 aromatic heterocycles. The van der Waals surface area contributed by atoms with E-state index in [2.05, 4.69) is 21.0 Å². The van der Waals surface area contributed by atoms with Crippen LogP contribution in [0.15, 0.2) is 28.7 Å². The predicted octanol–water partition coefficient (Wildman–Crippen LogP) is 3.39. The van der Waals surface area contributed by atoms with Gasteiger partial charge in [0.05, 0.1) is 16.3 Å². The third-order valence-corrected chi connectivity index (χ3v) is 3.86. The minimum Gasteiger partial charge on any atom is -0.388 e. The smallest absolute Gasteiger partial charge is 0.137 e. The molecule has 102 valence electrons. The summed E-state index contributed by atoms with van der Waals surface area (Å²) in [6, 6.07) is 6.62. The summed E-state index contributed by atoms with van der Waals surface area (Å²) in [6.07, 6.45) is -0.344. The van der Waals surface area contributed by atoms with Crippen molar-refractivity contribution in [3.8, 4) is 0 Å². The first-order chi connectivity index (χ1) is 9.02. The van der Waals surface area contributed by atoms with Crippen LogP contribution in [0, 0.1) is 12.7 Å². The molecule has 0 amide bonds. The highest BCUT2D eigenvalue weighted by molar-refractivity contribution is 9.10. The Kier molecular flexibility index (Phi) is 4.37. The van der Waals surface area contributed by atoms with E-state index in [-0.39, 0.29) is 5.82 Å². The van der Waals surface area contributed by atoms with E-state index in [1.54, 1.807) is 12.1 Å². The van der Waals surface area contributed by atoms with Crippen molar-refractivity contribution in [3.05, 3.63) is 51.5 Å². The van der Waals surface area contributed by atoms with Crippen LogP contribution in [0.1, 0.15) is 30.0 Å². The molecule has 0 spiro atoms. The molecule has 1 heterocycles. The number of nitrogens with zero attached hydrogens (tertiary/aromatic N) is 2. The Hall–Kier alpha value is -1.20. The number of hydrogen-bond acceptors (Lipinski definition) is 2. The molecule has 2 rings (SSSR count). The summed E-state index contributed by atoms with van der Waals surface area (Å²) in [6.45, 7) is 4.67. The van der Waals surface area contributed by atoms with Crippen molar-refractivity contribution in [1.29, 1.82) is 0 Å². The first kappa shape index (κ1) is 14.2. The molecule has 1 aromatic carbocycles. The molecule has 1 N–H and O–H groups in total. The minimum absolute atomic E-state index is 0.321. The second-order valence-corrected chi connectivity index (χ2v) is 5.25.